The van der Waals surface area contributed by atoms with Crippen LogP contribution in [0.1, 0.15) is 22.8 Å². The Balaban J connectivity index is 1.69. The second kappa shape index (κ2) is 7.74. The predicted octanol–water partition coefficient (Wildman–Crippen LogP) is 3.25. The van der Waals surface area contributed by atoms with Crippen LogP contribution in [0.2, 0.25) is 0 Å². The Kier molecular flexibility index (Phi) is 5.22. The number of esters is 1. The van der Waals surface area contributed by atoms with Crippen molar-refractivity contribution in [3.05, 3.63) is 59.4 Å². The number of ketones is 1. The van der Waals surface area contributed by atoms with Crippen molar-refractivity contribution in [2.24, 2.45) is 0 Å². The largest absolute Gasteiger partial charge is 0.497 e. The van der Waals surface area contributed by atoms with Gasteiger partial charge in [-0.2, -0.15) is 0 Å². The first kappa shape index (κ1) is 17.5. The highest BCUT2D eigenvalue weighted by molar-refractivity contribution is 6.14. The van der Waals surface area contributed by atoms with Crippen LogP contribution in [0.15, 0.2) is 48.2 Å². The van der Waals surface area contributed by atoms with Crippen molar-refractivity contribution >= 4 is 17.8 Å². The molecule has 0 fully saturated rings. The molecule has 134 valence electrons. The summed E-state index contributed by atoms with van der Waals surface area (Å²) in [5, 5.41) is 0. The van der Waals surface area contributed by atoms with Gasteiger partial charge in [0, 0.05) is 6.07 Å². The van der Waals surface area contributed by atoms with Crippen molar-refractivity contribution in [3.8, 4) is 17.2 Å². The summed E-state index contributed by atoms with van der Waals surface area (Å²) < 4.78 is 20.9. The Labute approximate surface area is 150 Å². The molecule has 0 aliphatic carbocycles. The lowest BCUT2D eigenvalue weighted by atomic mass is 10.1. The molecule has 1 heterocycles. The number of Topliss-reactive ketones (excluding diaryl/α,β-unsaturated/α-hetero) is 1. The van der Waals surface area contributed by atoms with E-state index in [0.29, 0.717) is 29.4 Å². The van der Waals surface area contributed by atoms with Crippen molar-refractivity contribution < 1.29 is 28.5 Å². The summed E-state index contributed by atoms with van der Waals surface area (Å²) in [6.45, 7) is 1.91. The number of benzene rings is 2. The first-order valence-electron chi connectivity index (χ1n) is 8.11. The van der Waals surface area contributed by atoms with Crippen LogP contribution in [-0.2, 0) is 9.53 Å². The molecule has 0 N–H and O–H groups in total. The van der Waals surface area contributed by atoms with Crippen molar-refractivity contribution in [2.75, 3.05) is 20.3 Å². The summed E-state index contributed by atoms with van der Waals surface area (Å²) in [5.41, 5.74) is 1.28. The summed E-state index contributed by atoms with van der Waals surface area (Å²) in [6, 6.07) is 12.0. The standard InChI is InChI=1S/C20H18O6/c1-3-24-19(21)12-25-14-6-4-13(5-7-14)10-18-20(22)16-9-8-15(23-2)11-17(16)26-18/h4-11H,3,12H2,1-2H3. The fourth-order valence-electron chi connectivity index (χ4n) is 2.45. The van der Waals surface area contributed by atoms with Crippen LogP contribution in [0.25, 0.3) is 6.08 Å². The summed E-state index contributed by atoms with van der Waals surface area (Å²) in [7, 11) is 1.56. The summed E-state index contributed by atoms with van der Waals surface area (Å²) in [4.78, 5) is 23.7. The minimum Gasteiger partial charge on any atom is -0.497 e. The van der Waals surface area contributed by atoms with Gasteiger partial charge in [-0.1, -0.05) is 12.1 Å². The molecule has 2 aromatic carbocycles. The molecule has 3 rings (SSSR count). The second-order valence-corrected chi connectivity index (χ2v) is 5.46. The molecule has 0 amide bonds. The fourth-order valence-corrected chi connectivity index (χ4v) is 2.45. The minimum atomic E-state index is -0.420. The van der Waals surface area contributed by atoms with E-state index in [1.807, 2.05) is 0 Å². The van der Waals surface area contributed by atoms with Gasteiger partial charge in [0.2, 0.25) is 5.78 Å². The number of rotatable bonds is 6. The number of fused-ring (bicyclic) bond motifs is 1. The van der Waals surface area contributed by atoms with E-state index < -0.39 is 5.97 Å². The second-order valence-electron chi connectivity index (χ2n) is 5.46. The number of carbonyl (C=O) groups is 2. The SMILES string of the molecule is CCOC(=O)COc1ccc(C=C2Oc3cc(OC)ccc3C2=O)cc1. The molecule has 2 aromatic rings. The fraction of sp³-hybridized carbons (Fsp3) is 0.200. The van der Waals surface area contributed by atoms with E-state index in [9.17, 15) is 9.59 Å². The Morgan fingerprint density at radius 1 is 1.12 bits per heavy atom. The molecule has 26 heavy (non-hydrogen) atoms. The van der Waals surface area contributed by atoms with Crippen molar-refractivity contribution in [3.63, 3.8) is 0 Å². The Morgan fingerprint density at radius 2 is 1.85 bits per heavy atom. The molecular weight excluding hydrogens is 336 g/mol. The van der Waals surface area contributed by atoms with Gasteiger partial charge < -0.3 is 18.9 Å². The maximum atomic E-state index is 12.4. The van der Waals surface area contributed by atoms with Crippen molar-refractivity contribution in [1.82, 2.24) is 0 Å². The van der Waals surface area contributed by atoms with E-state index in [4.69, 9.17) is 18.9 Å². The van der Waals surface area contributed by atoms with Crippen LogP contribution >= 0.6 is 0 Å². The lowest BCUT2D eigenvalue weighted by Gasteiger charge is -2.06. The van der Waals surface area contributed by atoms with Crippen LogP contribution < -0.4 is 14.2 Å². The molecule has 0 radical (unpaired) electrons. The van der Waals surface area contributed by atoms with Crippen LogP contribution in [-0.4, -0.2) is 32.1 Å². The van der Waals surface area contributed by atoms with E-state index in [1.54, 1.807) is 62.6 Å². The normalized spacial score (nSPS) is 13.9. The highest BCUT2D eigenvalue weighted by Crippen LogP contribution is 2.34. The number of hydrogen-bond donors (Lipinski definition) is 0. The Hall–Kier alpha value is -3.28. The maximum absolute atomic E-state index is 12.4. The monoisotopic (exact) mass is 354 g/mol. The lowest BCUT2D eigenvalue weighted by Crippen LogP contribution is -2.14. The van der Waals surface area contributed by atoms with Crippen LogP contribution in [0.4, 0.5) is 0 Å². The zero-order chi connectivity index (χ0) is 18.5. The van der Waals surface area contributed by atoms with E-state index in [2.05, 4.69) is 0 Å². The van der Waals surface area contributed by atoms with Crippen molar-refractivity contribution in [2.45, 2.75) is 6.92 Å². The lowest BCUT2D eigenvalue weighted by molar-refractivity contribution is -0.145. The van der Waals surface area contributed by atoms with Crippen LogP contribution in [0, 0.1) is 0 Å². The van der Waals surface area contributed by atoms with Gasteiger partial charge in [0.05, 0.1) is 19.3 Å². The minimum absolute atomic E-state index is 0.146. The van der Waals surface area contributed by atoms with Gasteiger partial charge >= 0.3 is 5.97 Å². The molecule has 0 saturated carbocycles. The topological polar surface area (TPSA) is 71.1 Å². The zero-order valence-electron chi connectivity index (χ0n) is 14.5. The zero-order valence-corrected chi connectivity index (χ0v) is 14.5. The number of hydrogen-bond acceptors (Lipinski definition) is 6. The summed E-state index contributed by atoms with van der Waals surface area (Å²) >= 11 is 0. The summed E-state index contributed by atoms with van der Waals surface area (Å²) in [6.07, 6.45) is 1.66. The van der Waals surface area contributed by atoms with Gasteiger partial charge in [-0.3, -0.25) is 4.79 Å². The molecule has 0 bridgehead atoms. The number of methoxy groups -OCH3 is 1. The van der Waals surface area contributed by atoms with E-state index in [-0.39, 0.29) is 18.1 Å². The molecule has 6 heteroatoms. The van der Waals surface area contributed by atoms with Crippen molar-refractivity contribution in [1.29, 1.82) is 0 Å². The average molecular weight is 354 g/mol. The molecule has 0 aromatic heterocycles. The third kappa shape index (κ3) is 3.85. The molecule has 1 aliphatic heterocycles. The van der Waals surface area contributed by atoms with E-state index >= 15 is 0 Å². The van der Waals surface area contributed by atoms with Gasteiger partial charge in [-0.25, -0.2) is 4.79 Å². The quantitative estimate of drug-likeness (QED) is 0.586. The number of carbonyl (C=O) groups excluding carboxylic acids is 2. The van der Waals surface area contributed by atoms with Gasteiger partial charge in [0.1, 0.15) is 17.2 Å². The van der Waals surface area contributed by atoms with Gasteiger partial charge in [-0.15, -0.1) is 0 Å². The third-order valence-corrected chi connectivity index (χ3v) is 3.72. The summed E-state index contributed by atoms with van der Waals surface area (Å²) in [5.74, 6) is 1.29. The maximum Gasteiger partial charge on any atom is 0.344 e. The Bertz CT molecular complexity index is 851. The highest BCUT2D eigenvalue weighted by atomic mass is 16.6. The van der Waals surface area contributed by atoms with Crippen LogP contribution in [0.5, 0.6) is 17.2 Å². The smallest absolute Gasteiger partial charge is 0.344 e. The first-order valence-corrected chi connectivity index (χ1v) is 8.11. The average Bonchev–Trinajstić information content (AvgIpc) is 2.96. The third-order valence-electron chi connectivity index (χ3n) is 3.72. The first-order chi connectivity index (χ1) is 12.6. The molecule has 0 atom stereocenters. The molecule has 6 nitrogen and oxygen atoms in total. The molecular formula is C20H18O6. The molecule has 0 spiro atoms. The van der Waals surface area contributed by atoms with Gasteiger partial charge in [-0.05, 0) is 42.8 Å². The van der Waals surface area contributed by atoms with E-state index in [0.717, 1.165) is 5.56 Å². The predicted molar refractivity (Wildman–Crippen MR) is 94.5 cm³/mol. The number of ether oxygens (including phenoxy) is 4. The van der Waals surface area contributed by atoms with E-state index in [1.165, 1.54) is 0 Å². The van der Waals surface area contributed by atoms with Gasteiger partial charge in [0.25, 0.3) is 0 Å². The molecule has 0 saturated heterocycles. The number of allylic oxidation sites excluding steroid dienone is 1. The molecule has 0 unspecified atom stereocenters. The Morgan fingerprint density at radius 3 is 2.54 bits per heavy atom. The molecule has 1 aliphatic rings. The van der Waals surface area contributed by atoms with Crippen LogP contribution in [0.3, 0.4) is 0 Å². The highest BCUT2D eigenvalue weighted by Gasteiger charge is 2.27. The van der Waals surface area contributed by atoms with Gasteiger partial charge in [0.15, 0.2) is 12.4 Å².